The fourth-order valence-corrected chi connectivity index (χ4v) is 1.61. The van der Waals surface area contributed by atoms with Gasteiger partial charge in [-0.1, -0.05) is 0 Å². The third kappa shape index (κ3) is 4.23. The van der Waals surface area contributed by atoms with Crippen LogP contribution in [0.5, 0.6) is 5.88 Å². The minimum atomic E-state index is 0.258. The Kier molecular flexibility index (Phi) is 5.32. The van der Waals surface area contributed by atoms with Crippen LogP contribution in [0.2, 0.25) is 0 Å². The van der Waals surface area contributed by atoms with Gasteiger partial charge in [-0.25, -0.2) is 4.98 Å². The molecule has 0 aliphatic heterocycles. The molecule has 0 aliphatic rings. The number of anilines is 1. The smallest absolute Gasteiger partial charge is 0.226 e. The maximum Gasteiger partial charge on any atom is 0.226 e. The van der Waals surface area contributed by atoms with Gasteiger partial charge in [0.05, 0.1) is 6.61 Å². The van der Waals surface area contributed by atoms with E-state index in [2.05, 4.69) is 22.2 Å². The van der Waals surface area contributed by atoms with Crippen LogP contribution in [0.3, 0.4) is 0 Å². The van der Waals surface area contributed by atoms with Crippen LogP contribution in [0.1, 0.15) is 26.0 Å². The summed E-state index contributed by atoms with van der Waals surface area (Å²) in [4.78, 5) is 8.55. The highest BCUT2D eigenvalue weighted by molar-refractivity contribution is 6.17. The normalized spacial score (nSPS) is 12.2. The van der Waals surface area contributed by atoms with Gasteiger partial charge < -0.3 is 10.1 Å². The van der Waals surface area contributed by atoms with E-state index in [4.69, 9.17) is 16.3 Å². The topological polar surface area (TPSA) is 47.0 Å². The number of ether oxygens (including phenoxy) is 1. The molecule has 0 saturated heterocycles. The maximum atomic E-state index is 5.67. The Labute approximate surface area is 101 Å². The summed E-state index contributed by atoms with van der Waals surface area (Å²) < 4.78 is 5.35. The molecule has 1 unspecified atom stereocenters. The Morgan fingerprint density at radius 3 is 2.88 bits per heavy atom. The van der Waals surface area contributed by atoms with Crippen LogP contribution in [-0.4, -0.2) is 28.5 Å². The number of aryl methyl sites for hydroxylation is 1. The van der Waals surface area contributed by atoms with Gasteiger partial charge in [0.15, 0.2) is 0 Å². The molecule has 1 atom stereocenters. The zero-order chi connectivity index (χ0) is 12.0. The highest BCUT2D eigenvalue weighted by atomic mass is 35.5. The molecule has 1 heterocycles. The van der Waals surface area contributed by atoms with Crippen LogP contribution in [0.4, 0.5) is 5.95 Å². The molecular weight excluding hydrogens is 226 g/mol. The summed E-state index contributed by atoms with van der Waals surface area (Å²) in [6.45, 7) is 6.50. The van der Waals surface area contributed by atoms with Crippen LogP contribution < -0.4 is 10.1 Å². The second-order valence-electron chi connectivity index (χ2n) is 3.63. The first-order valence-corrected chi connectivity index (χ1v) is 6.00. The number of rotatable bonds is 6. The van der Waals surface area contributed by atoms with Crippen LogP contribution in [-0.2, 0) is 0 Å². The number of nitrogens with zero attached hydrogens (tertiary/aromatic N) is 2. The summed E-state index contributed by atoms with van der Waals surface area (Å²) in [7, 11) is 0. The van der Waals surface area contributed by atoms with Gasteiger partial charge in [-0.15, -0.1) is 11.6 Å². The Morgan fingerprint density at radius 2 is 2.25 bits per heavy atom. The van der Waals surface area contributed by atoms with Crippen LogP contribution in [0, 0.1) is 6.92 Å². The van der Waals surface area contributed by atoms with E-state index >= 15 is 0 Å². The first-order valence-electron chi connectivity index (χ1n) is 5.46. The number of nitrogens with one attached hydrogen (secondary N) is 1. The van der Waals surface area contributed by atoms with Crippen LogP contribution in [0.15, 0.2) is 6.07 Å². The van der Waals surface area contributed by atoms with E-state index < -0.39 is 0 Å². The lowest BCUT2D eigenvalue weighted by molar-refractivity contribution is 0.326. The summed E-state index contributed by atoms with van der Waals surface area (Å²) in [6, 6.07) is 2.08. The van der Waals surface area contributed by atoms with Crippen molar-refractivity contribution in [2.75, 3.05) is 17.8 Å². The third-order valence-corrected chi connectivity index (χ3v) is 2.26. The number of alkyl halides is 1. The largest absolute Gasteiger partial charge is 0.478 e. The van der Waals surface area contributed by atoms with Crippen molar-refractivity contribution in [3.8, 4) is 5.88 Å². The summed E-state index contributed by atoms with van der Waals surface area (Å²) in [5, 5.41) is 3.20. The molecule has 1 aromatic heterocycles. The molecular formula is C11H18ClN3O. The van der Waals surface area contributed by atoms with Gasteiger partial charge in [0.2, 0.25) is 11.8 Å². The second-order valence-corrected chi connectivity index (χ2v) is 4.01. The van der Waals surface area contributed by atoms with Gasteiger partial charge in [-0.2, -0.15) is 4.98 Å². The molecule has 4 nitrogen and oxygen atoms in total. The number of halogens is 1. The van der Waals surface area contributed by atoms with E-state index in [-0.39, 0.29) is 6.04 Å². The van der Waals surface area contributed by atoms with Gasteiger partial charge >= 0.3 is 0 Å². The SMILES string of the molecule is CCOc1cc(C)nc(NC(C)CCCl)n1. The molecule has 16 heavy (non-hydrogen) atoms. The lowest BCUT2D eigenvalue weighted by Crippen LogP contribution is -2.18. The Morgan fingerprint density at radius 1 is 1.50 bits per heavy atom. The van der Waals surface area contributed by atoms with E-state index in [1.807, 2.05) is 19.9 Å². The molecule has 0 spiro atoms. The van der Waals surface area contributed by atoms with Crippen molar-refractivity contribution in [1.29, 1.82) is 0 Å². The quantitative estimate of drug-likeness (QED) is 0.781. The predicted octanol–water partition coefficient (Wildman–Crippen LogP) is 2.61. The van der Waals surface area contributed by atoms with Crippen molar-refractivity contribution in [2.45, 2.75) is 33.2 Å². The summed E-state index contributed by atoms with van der Waals surface area (Å²) >= 11 is 5.67. The molecule has 0 saturated carbocycles. The lowest BCUT2D eigenvalue weighted by Gasteiger charge is -2.13. The zero-order valence-electron chi connectivity index (χ0n) is 9.96. The number of hydrogen-bond acceptors (Lipinski definition) is 4. The average Bonchev–Trinajstić information content (AvgIpc) is 2.17. The standard InChI is InChI=1S/C11H18ClN3O/c1-4-16-10-7-9(3)14-11(15-10)13-8(2)5-6-12/h7-8H,4-6H2,1-3H3,(H,13,14,15). The molecule has 0 bridgehead atoms. The van der Waals surface area contributed by atoms with E-state index in [0.29, 0.717) is 24.3 Å². The van der Waals surface area contributed by atoms with Gasteiger partial charge in [0.25, 0.3) is 0 Å². The fraction of sp³-hybridized carbons (Fsp3) is 0.636. The molecule has 1 rings (SSSR count). The third-order valence-electron chi connectivity index (χ3n) is 2.04. The number of hydrogen-bond donors (Lipinski definition) is 1. The Hall–Kier alpha value is -1.03. The highest BCUT2D eigenvalue weighted by Crippen LogP contribution is 2.13. The molecule has 0 radical (unpaired) electrons. The summed E-state index contributed by atoms with van der Waals surface area (Å²) in [5.41, 5.74) is 0.888. The summed E-state index contributed by atoms with van der Waals surface area (Å²) in [6.07, 6.45) is 0.878. The van der Waals surface area contributed by atoms with E-state index in [1.54, 1.807) is 0 Å². The van der Waals surface area contributed by atoms with Crippen molar-refractivity contribution in [3.63, 3.8) is 0 Å². The molecule has 0 aliphatic carbocycles. The van der Waals surface area contributed by atoms with Crippen molar-refractivity contribution < 1.29 is 4.74 Å². The average molecular weight is 244 g/mol. The Balaban J connectivity index is 2.71. The minimum Gasteiger partial charge on any atom is -0.478 e. The maximum absolute atomic E-state index is 5.67. The van der Waals surface area contributed by atoms with Gasteiger partial charge in [-0.05, 0) is 27.2 Å². The first-order chi connectivity index (χ1) is 7.65. The molecule has 0 fully saturated rings. The molecule has 1 N–H and O–H groups in total. The molecule has 1 aromatic rings. The van der Waals surface area contributed by atoms with Gasteiger partial charge in [0.1, 0.15) is 0 Å². The Bertz CT molecular complexity index is 333. The first kappa shape index (κ1) is 13.0. The highest BCUT2D eigenvalue weighted by Gasteiger charge is 2.06. The lowest BCUT2D eigenvalue weighted by atomic mass is 10.3. The van der Waals surface area contributed by atoms with Crippen LogP contribution in [0.25, 0.3) is 0 Å². The van der Waals surface area contributed by atoms with E-state index in [9.17, 15) is 0 Å². The predicted molar refractivity (Wildman–Crippen MR) is 66.4 cm³/mol. The van der Waals surface area contributed by atoms with E-state index in [1.165, 1.54) is 0 Å². The van der Waals surface area contributed by atoms with Gasteiger partial charge in [-0.3, -0.25) is 0 Å². The van der Waals surface area contributed by atoms with Crippen LogP contribution >= 0.6 is 11.6 Å². The second kappa shape index (κ2) is 6.53. The minimum absolute atomic E-state index is 0.258. The number of aromatic nitrogens is 2. The monoisotopic (exact) mass is 243 g/mol. The van der Waals surface area contributed by atoms with Crippen molar-refractivity contribution in [1.82, 2.24) is 9.97 Å². The zero-order valence-corrected chi connectivity index (χ0v) is 10.7. The molecule has 90 valence electrons. The molecule has 5 heteroatoms. The van der Waals surface area contributed by atoms with Crippen molar-refractivity contribution in [2.24, 2.45) is 0 Å². The molecule has 0 amide bonds. The van der Waals surface area contributed by atoms with E-state index in [0.717, 1.165) is 12.1 Å². The molecule has 0 aromatic carbocycles. The van der Waals surface area contributed by atoms with Crippen molar-refractivity contribution >= 4 is 17.5 Å². The van der Waals surface area contributed by atoms with Crippen molar-refractivity contribution in [3.05, 3.63) is 11.8 Å². The summed E-state index contributed by atoms with van der Waals surface area (Å²) in [5.74, 6) is 1.83. The fourth-order valence-electron chi connectivity index (χ4n) is 1.28. The van der Waals surface area contributed by atoms with Gasteiger partial charge in [0, 0.05) is 23.7 Å².